The van der Waals surface area contributed by atoms with Gasteiger partial charge in [0.25, 0.3) is 0 Å². The van der Waals surface area contributed by atoms with Crippen molar-refractivity contribution in [3.8, 4) is 0 Å². The van der Waals surface area contributed by atoms with Crippen LogP contribution in [0.1, 0.15) is 13.8 Å². The number of methoxy groups -OCH3 is 2. The molecule has 4 heteroatoms. The molecule has 0 amide bonds. The fourth-order valence-electron chi connectivity index (χ4n) is 0.838. The Morgan fingerprint density at radius 2 is 1.21 bits per heavy atom. The molecule has 0 aliphatic carbocycles. The third-order valence-corrected chi connectivity index (χ3v) is 1.81. The largest absolute Gasteiger partial charge is 0.383 e. The van der Waals surface area contributed by atoms with Crippen LogP contribution in [0.25, 0.3) is 0 Å². The van der Waals surface area contributed by atoms with Gasteiger partial charge in [-0.25, -0.2) is 0 Å². The van der Waals surface area contributed by atoms with Crippen molar-refractivity contribution in [3.63, 3.8) is 0 Å². The highest BCUT2D eigenvalue weighted by molar-refractivity contribution is 6.40. The molecule has 0 saturated carbocycles. The lowest BCUT2D eigenvalue weighted by atomic mass is 10.3. The average Bonchev–Trinajstić information content (AvgIpc) is 2.18. The summed E-state index contributed by atoms with van der Waals surface area (Å²) in [6.07, 6.45) is 0. The normalized spacial score (nSPS) is 13.4. The molecule has 0 saturated heterocycles. The summed E-state index contributed by atoms with van der Waals surface area (Å²) in [5.41, 5.74) is 1.94. The second-order valence-corrected chi connectivity index (χ2v) is 2.92. The van der Waals surface area contributed by atoms with E-state index in [1.54, 1.807) is 14.2 Å². The molecule has 0 rings (SSSR count). The van der Waals surface area contributed by atoms with E-state index in [2.05, 4.69) is 9.98 Å². The third kappa shape index (κ3) is 6.74. The zero-order chi connectivity index (χ0) is 10.8. The molecule has 0 aromatic carbocycles. The molecule has 0 radical (unpaired) electrons. The molecular formula is C10H20N2O2. The van der Waals surface area contributed by atoms with Gasteiger partial charge in [-0.1, -0.05) is 0 Å². The van der Waals surface area contributed by atoms with E-state index in [0.29, 0.717) is 26.3 Å². The monoisotopic (exact) mass is 200 g/mol. The van der Waals surface area contributed by atoms with Crippen LogP contribution in [-0.2, 0) is 9.47 Å². The first-order valence-corrected chi connectivity index (χ1v) is 4.72. The molecule has 82 valence electrons. The van der Waals surface area contributed by atoms with E-state index in [0.717, 1.165) is 11.4 Å². The first-order chi connectivity index (χ1) is 6.72. The summed E-state index contributed by atoms with van der Waals surface area (Å²) in [5.74, 6) is 0. The van der Waals surface area contributed by atoms with Gasteiger partial charge in [0.1, 0.15) is 0 Å². The van der Waals surface area contributed by atoms with Crippen LogP contribution >= 0.6 is 0 Å². The molecule has 0 atom stereocenters. The number of aliphatic imine (C=N–C) groups is 2. The third-order valence-electron chi connectivity index (χ3n) is 1.81. The number of hydrogen-bond donors (Lipinski definition) is 0. The summed E-state index contributed by atoms with van der Waals surface area (Å²) in [4.78, 5) is 8.63. The van der Waals surface area contributed by atoms with Crippen molar-refractivity contribution in [2.75, 3.05) is 40.5 Å². The second-order valence-electron chi connectivity index (χ2n) is 2.92. The van der Waals surface area contributed by atoms with Crippen molar-refractivity contribution in [2.24, 2.45) is 9.98 Å². The molecule has 14 heavy (non-hydrogen) atoms. The molecule has 0 bridgehead atoms. The van der Waals surface area contributed by atoms with Gasteiger partial charge in [-0.05, 0) is 13.8 Å². The van der Waals surface area contributed by atoms with Crippen molar-refractivity contribution >= 4 is 11.4 Å². The molecular weight excluding hydrogens is 180 g/mol. The standard InChI is InChI=1S/C10H20N2O2/c1-9(11-5-7-13-3)10(2)12-6-8-14-4/h5-8H2,1-4H3. The number of nitrogens with zero attached hydrogens (tertiary/aromatic N) is 2. The van der Waals surface area contributed by atoms with Crippen molar-refractivity contribution < 1.29 is 9.47 Å². The maximum absolute atomic E-state index is 4.90. The van der Waals surface area contributed by atoms with Gasteiger partial charge < -0.3 is 9.47 Å². The zero-order valence-corrected chi connectivity index (χ0v) is 9.54. The first-order valence-electron chi connectivity index (χ1n) is 4.72. The SMILES string of the molecule is COCCN=C(C)C(C)=NCCOC. The molecule has 0 unspecified atom stereocenters. The van der Waals surface area contributed by atoms with Crippen molar-refractivity contribution in [3.05, 3.63) is 0 Å². The second kappa shape index (κ2) is 8.84. The molecule has 0 spiro atoms. The molecule has 0 aromatic rings. The van der Waals surface area contributed by atoms with E-state index in [4.69, 9.17) is 9.47 Å². The number of rotatable bonds is 7. The van der Waals surface area contributed by atoms with Crippen LogP contribution < -0.4 is 0 Å². The van der Waals surface area contributed by atoms with E-state index in [1.165, 1.54) is 0 Å². The van der Waals surface area contributed by atoms with Crippen LogP contribution in [0, 0.1) is 0 Å². The van der Waals surface area contributed by atoms with Crippen LogP contribution in [0.5, 0.6) is 0 Å². The van der Waals surface area contributed by atoms with E-state index in [9.17, 15) is 0 Å². The van der Waals surface area contributed by atoms with Gasteiger partial charge in [0.05, 0.1) is 37.7 Å². The minimum atomic E-state index is 0.655. The topological polar surface area (TPSA) is 43.2 Å². The van der Waals surface area contributed by atoms with Gasteiger partial charge in [-0.3, -0.25) is 9.98 Å². The van der Waals surface area contributed by atoms with Gasteiger partial charge in [0, 0.05) is 14.2 Å². The summed E-state index contributed by atoms with van der Waals surface area (Å²) in [7, 11) is 3.34. The molecule has 0 aliphatic heterocycles. The van der Waals surface area contributed by atoms with E-state index < -0.39 is 0 Å². The molecule has 0 N–H and O–H groups in total. The van der Waals surface area contributed by atoms with Crippen molar-refractivity contribution in [1.82, 2.24) is 0 Å². The highest BCUT2D eigenvalue weighted by Gasteiger charge is 1.95. The lowest BCUT2D eigenvalue weighted by Crippen LogP contribution is -2.09. The lowest BCUT2D eigenvalue weighted by Gasteiger charge is -2.00. The molecule has 0 heterocycles. The van der Waals surface area contributed by atoms with Gasteiger partial charge in [0.15, 0.2) is 0 Å². The first kappa shape index (κ1) is 13.3. The quantitative estimate of drug-likeness (QED) is 0.458. The lowest BCUT2D eigenvalue weighted by molar-refractivity contribution is 0.207. The van der Waals surface area contributed by atoms with Crippen LogP contribution in [0.3, 0.4) is 0 Å². The van der Waals surface area contributed by atoms with Crippen LogP contribution in [0.15, 0.2) is 9.98 Å². The maximum atomic E-state index is 4.90. The Balaban J connectivity index is 3.89. The summed E-state index contributed by atoms with van der Waals surface area (Å²) in [6.45, 7) is 6.62. The Hall–Kier alpha value is -0.740. The minimum Gasteiger partial charge on any atom is -0.383 e. The van der Waals surface area contributed by atoms with Crippen molar-refractivity contribution in [2.45, 2.75) is 13.8 Å². The van der Waals surface area contributed by atoms with E-state index >= 15 is 0 Å². The molecule has 0 aromatic heterocycles. The van der Waals surface area contributed by atoms with E-state index in [-0.39, 0.29) is 0 Å². The zero-order valence-electron chi connectivity index (χ0n) is 9.54. The predicted octanol–water partition coefficient (Wildman–Crippen LogP) is 1.20. The van der Waals surface area contributed by atoms with Crippen LogP contribution in [0.4, 0.5) is 0 Å². The number of hydrogen-bond acceptors (Lipinski definition) is 4. The van der Waals surface area contributed by atoms with Crippen LogP contribution in [-0.4, -0.2) is 51.9 Å². The Morgan fingerprint density at radius 1 is 0.857 bits per heavy atom. The minimum absolute atomic E-state index is 0.655. The summed E-state index contributed by atoms with van der Waals surface area (Å²) < 4.78 is 9.81. The maximum Gasteiger partial charge on any atom is 0.0658 e. The molecule has 0 fully saturated rings. The molecule has 4 nitrogen and oxygen atoms in total. The van der Waals surface area contributed by atoms with Gasteiger partial charge in [-0.15, -0.1) is 0 Å². The van der Waals surface area contributed by atoms with Crippen molar-refractivity contribution in [1.29, 1.82) is 0 Å². The fraction of sp³-hybridized carbons (Fsp3) is 0.800. The van der Waals surface area contributed by atoms with Gasteiger partial charge in [-0.2, -0.15) is 0 Å². The number of ether oxygens (including phenoxy) is 2. The van der Waals surface area contributed by atoms with Crippen LogP contribution in [0.2, 0.25) is 0 Å². The average molecular weight is 200 g/mol. The smallest absolute Gasteiger partial charge is 0.0658 e. The summed E-state index contributed by atoms with van der Waals surface area (Å²) in [6, 6.07) is 0. The Bertz CT molecular complexity index is 178. The predicted molar refractivity (Wildman–Crippen MR) is 59.7 cm³/mol. The van der Waals surface area contributed by atoms with Gasteiger partial charge in [0.2, 0.25) is 0 Å². The summed E-state index contributed by atoms with van der Waals surface area (Å²) >= 11 is 0. The fourth-order valence-corrected chi connectivity index (χ4v) is 0.838. The Kier molecular flexibility index (Phi) is 8.37. The van der Waals surface area contributed by atoms with E-state index in [1.807, 2.05) is 13.8 Å². The van der Waals surface area contributed by atoms with Gasteiger partial charge >= 0.3 is 0 Å². The Morgan fingerprint density at radius 3 is 1.50 bits per heavy atom. The molecule has 0 aliphatic rings. The summed E-state index contributed by atoms with van der Waals surface area (Å²) in [5, 5.41) is 0. The highest BCUT2D eigenvalue weighted by atomic mass is 16.5. The highest BCUT2D eigenvalue weighted by Crippen LogP contribution is 1.86. The Labute approximate surface area is 86.0 Å².